The van der Waals surface area contributed by atoms with Crippen LogP contribution in [0.4, 0.5) is 0 Å². The van der Waals surface area contributed by atoms with Gasteiger partial charge in [-0.05, 0) is 53.4 Å². The molecule has 2 amide bonds. The van der Waals surface area contributed by atoms with Gasteiger partial charge < -0.3 is 4.74 Å². The van der Waals surface area contributed by atoms with Gasteiger partial charge in [-0.2, -0.15) is 0 Å². The Balaban J connectivity index is 1.08. The number of rotatable bonds is 5. The maximum absolute atomic E-state index is 13.0. The second-order valence-corrected chi connectivity index (χ2v) is 9.10. The fourth-order valence-electron chi connectivity index (χ4n) is 5.97. The second-order valence-electron chi connectivity index (χ2n) is 9.10. The van der Waals surface area contributed by atoms with E-state index in [4.69, 9.17) is 4.74 Å². The molecule has 0 spiro atoms. The van der Waals surface area contributed by atoms with Crippen LogP contribution in [0.3, 0.4) is 0 Å². The second kappa shape index (κ2) is 6.91. The van der Waals surface area contributed by atoms with Crippen LogP contribution >= 0.6 is 0 Å². The predicted octanol–water partition coefficient (Wildman–Crippen LogP) is 3.70. The summed E-state index contributed by atoms with van der Waals surface area (Å²) in [5.41, 5.74) is 2.13. The van der Waals surface area contributed by atoms with E-state index < -0.39 is 5.97 Å². The molecule has 0 aromatic heterocycles. The lowest BCUT2D eigenvalue weighted by Gasteiger charge is -2.37. The van der Waals surface area contributed by atoms with E-state index >= 15 is 0 Å². The summed E-state index contributed by atoms with van der Waals surface area (Å²) < 4.78 is 5.43. The van der Waals surface area contributed by atoms with Crippen molar-refractivity contribution in [1.29, 1.82) is 0 Å². The Hall–Kier alpha value is -3.21. The van der Waals surface area contributed by atoms with E-state index in [9.17, 15) is 14.4 Å². The van der Waals surface area contributed by atoms with E-state index in [1.165, 1.54) is 4.90 Å². The largest absolute Gasteiger partial charge is 0.426 e. The van der Waals surface area contributed by atoms with Gasteiger partial charge in [-0.1, -0.05) is 54.6 Å². The van der Waals surface area contributed by atoms with Gasteiger partial charge in [0.1, 0.15) is 5.75 Å². The van der Waals surface area contributed by atoms with Gasteiger partial charge in [0.25, 0.3) is 0 Å². The van der Waals surface area contributed by atoms with Gasteiger partial charge in [0, 0.05) is 6.54 Å². The van der Waals surface area contributed by atoms with Crippen LogP contribution in [0.5, 0.6) is 5.75 Å². The lowest BCUT2D eigenvalue weighted by atomic mass is 9.63. The quantitative estimate of drug-likeness (QED) is 0.325. The van der Waals surface area contributed by atoms with E-state index in [1.807, 2.05) is 42.5 Å². The van der Waals surface area contributed by atoms with Gasteiger partial charge in [0.15, 0.2) is 0 Å². The molecule has 1 saturated heterocycles. The minimum atomic E-state index is -0.438. The standard InChI is InChI=1S/C26H23NO4/c28-22(31-17-8-6-16(7-9-17)15-4-2-1-3-5-15)12-13-27-25(29)23-18-10-11-19(21-14-20(18)21)24(23)26(27)30/h1-11,18-21,23-24H,12-14H2/t18-,19-,20-,21+,23-,24+/m1/s1. The van der Waals surface area contributed by atoms with Gasteiger partial charge in [-0.3, -0.25) is 19.3 Å². The van der Waals surface area contributed by atoms with Crippen molar-refractivity contribution in [3.8, 4) is 16.9 Å². The third kappa shape index (κ3) is 2.94. The lowest BCUT2D eigenvalue weighted by molar-refractivity contribution is -0.141. The van der Waals surface area contributed by atoms with Crippen molar-refractivity contribution in [3.05, 3.63) is 66.7 Å². The van der Waals surface area contributed by atoms with Gasteiger partial charge in [-0.15, -0.1) is 0 Å². The Labute approximate surface area is 180 Å². The summed E-state index contributed by atoms with van der Waals surface area (Å²) in [6, 6.07) is 17.3. The number of ether oxygens (including phenoxy) is 1. The average Bonchev–Trinajstić information content (AvgIpc) is 3.58. The van der Waals surface area contributed by atoms with E-state index in [0.717, 1.165) is 17.5 Å². The lowest BCUT2D eigenvalue weighted by Crippen LogP contribution is -2.40. The fraction of sp³-hybridized carbons (Fsp3) is 0.346. The summed E-state index contributed by atoms with van der Waals surface area (Å²) in [5.74, 6) is 0.966. The third-order valence-corrected chi connectivity index (χ3v) is 7.49. The molecule has 0 radical (unpaired) electrons. The Morgan fingerprint density at radius 1 is 0.839 bits per heavy atom. The van der Waals surface area contributed by atoms with E-state index in [0.29, 0.717) is 17.6 Å². The monoisotopic (exact) mass is 413 g/mol. The van der Waals surface area contributed by atoms with Crippen LogP contribution in [-0.4, -0.2) is 29.2 Å². The first-order valence-corrected chi connectivity index (χ1v) is 11.0. The third-order valence-electron chi connectivity index (χ3n) is 7.49. The fourth-order valence-corrected chi connectivity index (χ4v) is 5.97. The molecule has 4 aliphatic carbocycles. The van der Waals surface area contributed by atoms with Crippen LogP contribution in [0.25, 0.3) is 11.1 Å². The number of esters is 1. The zero-order chi connectivity index (χ0) is 21.1. The van der Waals surface area contributed by atoms with Gasteiger partial charge in [0.05, 0.1) is 18.3 Å². The SMILES string of the molecule is O=C(CCN1C(=O)[C@@H]2[C@@H]3C=C[C@H]([C@@H]4C[C@H]34)[C@@H]2C1=O)Oc1ccc(-c2ccccc2)cc1. The molecule has 156 valence electrons. The number of hydrogen-bond donors (Lipinski definition) is 0. The van der Waals surface area contributed by atoms with Gasteiger partial charge in [-0.25, -0.2) is 0 Å². The summed E-state index contributed by atoms with van der Waals surface area (Å²) >= 11 is 0. The summed E-state index contributed by atoms with van der Waals surface area (Å²) in [6.45, 7) is 0.0976. The molecule has 5 heteroatoms. The molecule has 2 aromatic carbocycles. The zero-order valence-corrected chi connectivity index (χ0v) is 17.0. The highest BCUT2D eigenvalue weighted by Gasteiger charge is 2.66. The van der Waals surface area contributed by atoms with Crippen molar-refractivity contribution in [2.75, 3.05) is 6.54 Å². The molecule has 5 aliphatic rings. The molecule has 5 nitrogen and oxygen atoms in total. The first kappa shape index (κ1) is 18.6. The smallest absolute Gasteiger partial charge is 0.312 e. The highest BCUT2D eigenvalue weighted by Crippen LogP contribution is 2.65. The highest BCUT2D eigenvalue weighted by molar-refractivity contribution is 6.06. The van der Waals surface area contributed by atoms with Crippen molar-refractivity contribution in [1.82, 2.24) is 4.90 Å². The number of imide groups is 1. The van der Waals surface area contributed by atoms with Gasteiger partial charge >= 0.3 is 5.97 Å². The Morgan fingerprint density at radius 2 is 1.42 bits per heavy atom. The highest BCUT2D eigenvalue weighted by atomic mass is 16.5. The maximum atomic E-state index is 13.0. The Bertz CT molecular complexity index is 1050. The molecule has 31 heavy (non-hydrogen) atoms. The number of likely N-dealkylation sites (tertiary alicyclic amines) is 1. The van der Waals surface area contributed by atoms with E-state index in [-0.39, 0.29) is 48.5 Å². The molecular weight excluding hydrogens is 390 g/mol. The first-order valence-electron chi connectivity index (χ1n) is 11.0. The van der Waals surface area contributed by atoms with Crippen molar-refractivity contribution in [3.63, 3.8) is 0 Å². The van der Waals surface area contributed by atoms with Crippen LogP contribution in [-0.2, 0) is 14.4 Å². The van der Waals surface area contributed by atoms with Gasteiger partial charge in [0.2, 0.25) is 11.8 Å². The summed E-state index contributed by atoms with van der Waals surface area (Å²) in [4.78, 5) is 39.6. The van der Waals surface area contributed by atoms with Crippen LogP contribution in [0, 0.1) is 35.5 Å². The van der Waals surface area contributed by atoms with Crippen LogP contribution < -0.4 is 4.74 Å². The maximum Gasteiger partial charge on any atom is 0.312 e. The molecular formula is C26H23NO4. The molecule has 3 fully saturated rings. The molecule has 1 heterocycles. The Kier molecular flexibility index (Phi) is 4.13. The number of nitrogens with zero attached hydrogens (tertiary/aromatic N) is 1. The summed E-state index contributed by atoms with van der Waals surface area (Å²) in [7, 11) is 0. The normalized spacial score (nSPS) is 32.1. The van der Waals surface area contributed by atoms with Crippen LogP contribution in [0.1, 0.15) is 12.8 Å². The number of allylic oxidation sites excluding steroid dienone is 2. The topological polar surface area (TPSA) is 63.7 Å². The van der Waals surface area contributed by atoms with E-state index in [1.54, 1.807) is 12.1 Å². The molecule has 0 N–H and O–H groups in total. The molecule has 7 rings (SSSR count). The van der Waals surface area contributed by atoms with Crippen LogP contribution in [0.2, 0.25) is 0 Å². The number of amides is 2. The summed E-state index contributed by atoms with van der Waals surface area (Å²) in [6.07, 6.45) is 5.46. The van der Waals surface area contributed by atoms with Crippen molar-refractivity contribution < 1.29 is 19.1 Å². The van der Waals surface area contributed by atoms with Crippen molar-refractivity contribution in [2.45, 2.75) is 12.8 Å². The minimum absolute atomic E-state index is 0.00692. The van der Waals surface area contributed by atoms with Crippen molar-refractivity contribution >= 4 is 17.8 Å². The first-order chi connectivity index (χ1) is 15.1. The van der Waals surface area contributed by atoms with Crippen molar-refractivity contribution in [2.24, 2.45) is 35.5 Å². The molecule has 2 saturated carbocycles. The predicted molar refractivity (Wildman–Crippen MR) is 114 cm³/mol. The number of hydrogen-bond acceptors (Lipinski definition) is 4. The van der Waals surface area contributed by atoms with E-state index in [2.05, 4.69) is 12.2 Å². The molecule has 0 unspecified atom stereocenters. The van der Waals surface area contributed by atoms with Crippen LogP contribution in [0.15, 0.2) is 66.7 Å². The molecule has 2 bridgehead atoms. The molecule has 6 atom stereocenters. The number of benzene rings is 2. The number of carbonyl (C=O) groups is 3. The number of carbonyl (C=O) groups excluding carboxylic acids is 3. The zero-order valence-electron chi connectivity index (χ0n) is 17.0. The minimum Gasteiger partial charge on any atom is -0.426 e. The molecule has 1 aliphatic heterocycles. The Morgan fingerprint density at radius 3 is 2.03 bits per heavy atom. The molecule has 2 aromatic rings. The summed E-state index contributed by atoms with van der Waals surface area (Å²) in [5, 5.41) is 0. The average molecular weight is 413 g/mol.